The second-order valence-electron chi connectivity index (χ2n) is 17.8. The summed E-state index contributed by atoms with van der Waals surface area (Å²) in [6.07, 6.45) is 63.8. The molecule has 0 spiro atoms. The number of carbonyl (C=O) groups excluding carboxylic acids is 3. The molecular weight excluding hydrogens is 781 g/mol. The molecule has 0 rings (SSSR count). The van der Waals surface area contributed by atoms with Gasteiger partial charge in [-0.15, -0.1) is 0 Å². The highest BCUT2D eigenvalue weighted by atomic mass is 16.6. The zero-order valence-corrected chi connectivity index (χ0v) is 41.6. The molecular formula is C57H100O6. The van der Waals surface area contributed by atoms with Gasteiger partial charge in [0.25, 0.3) is 0 Å². The zero-order valence-electron chi connectivity index (χ0n) is 41.6. The summed E-state index contributed by atoms with van der Waals surface area (Å²) in [6.45, 7) is 6.45. The Kier molecular flexibility index (Phi) is 49.4. The van der Waals surface area contributed by atoms with Crippen LogP contribution in [0.4, 0.5) is 0 Å². The molecule has 0 fully saturated rings. The first kappa shape index (κ1) is 60.1. The third kappa shape index (κ3) is 50.0. The number of esters is 3. The first-order valence-electron chi connectivity index (χ1n) is 26.8. The molecule has 0 amide bonds. The van der Waals surface area contributed by atoms with E-state index in [0.29, 0.717) is 12.8 Å². The van der Waals surface area contributed by atoms with Crippen molar-refractivity contribution in [2.75, 3.05) is 13.2 Å². The van der Waals surface area contributed by atoms with E-state index in [0.717, 1.165) is 70.6 Å². The molecule has 1 unspecified atom stereocenters. The van der Waals surface area contributed by atoms with Crippen LogP contribution in [-0.4, -0.2) is 37.2 Å². The fraction of sp³-hybridized carbons (Fsp3) is 0.772. The second kappa shape index (κ2) is 51.7. The molecule has 0 aromatic carbocycles. The SMILES string of the molecule is CC/C=C\C/C=C\C/C=C\C/C=C\C/C=C\CC(=O)OC(COC(=O)CCCCCCCCCCCCC)COC(=O)CCCCCCCCCCCCCCCCCCCCC. The number of allylic oxidation sites excluding steroid dienone is 9. The average molecular weight is 881 g/mol. The van der Waals surface area contributed by atoms with Crippen molar-refractivity contribution in [1.82, 2.24) is 0 Å². The van der Waals surface area contributed by atoms with Gasteiger partial charge in [-0.05, 0) is 44.9 Å². The van der Waals surface area contributed by atoms with Crippen LogP contribution in [0.25, 0.3) is 0 Å². The molecule has 0 heterocycles. The van der Waals surface area contributed by atoms with Gasteiger partial charge in [0.15, 0.2) is 6.10 Å². The minimum atomic E-state index is -0.824. The fourth-order valence-electron chi connectivity index (χ4n) is 7.58. The van der Waals surface area contributed by atoms with Crippen molar-refractivity contribution in [3.63, 3.8) is 0 Å². The minimum Gasteiger partial charge on any atom is -0.462 e. The summed E-state index contributed by atoms with van der Waals surface area (Å²) in [5.74, 6) is -1.03. The Morgan fingerprint density at radius 2 is 0.603 bits per heavy atom. The maximum atomic E-state index is 12.7. The summed E-state index contributed by atoms with van der Waals surface area (Å²) in [6, 6.07) is 0. The molecule has 0 N–H and O–H groups in total. The van der Waals surface area contributed by atoms with Crippen molar-refractivity contribution in [2.45, 2.75) is 271 Å². The van der Waals surface area contributed by atoms with Crippen LogP contribution < -0.4 is 0 Å². The van der Waals surface area contributed by atoms with Crippen LogP contribution in [0.3, 0.4) is 0 Å². The Hall–Kier alpha value is -2.89. The lowest BCUT2D eigenvalue weighted by molar-refractivity contribution is -0.166. The third-order valence-electron chi connectivity index (χ3n) is 11.6. The van der Waals surface area contributed by atoms with Crippen LogP contribution in [0.5, 0.6) is 0 Å². The number of hydrogen-bond donors (Lipinski definition) is 0. The molecule has 0 aromatic rings. The number of rotatable bonds is 48. The molecule has 0 aromatic heterocycles. The zero-order chi connectivity index (χ0) is 45.8. The van der Waals surface area contributed by atoms with Gasteiger partial charge in [-0.3, -0.25) is 14.4 Å². The van der Waals surface area contributed by atoms with E-state index >= 15 is 0 Å². The normalized spacial score (nSPS) is 12.5. The average Bonchev–Trinajstić information content (AvgIpc) is 3.28. The van der Waals surface area contributed by atoms with Gasteiger partial charge in [0.2, 0.25) is 0 Å². The Morgan fingerprint density at radius 1 is 0.333 bits per heavy atom. The molecule has 6 nitrogen and oxygen atoms in total. The van der Waals surface area contributed by atoms with Crippen molar-refractivity contribution >= 4 is 17.9 Å². The smallest absolute Gasteiger partial charge is 0.310 e. The van der Waals surface area contributed by atoms with Crippen molar-refractivity contribution in [3.05, 3.63) is 60.8 Å². The van der Waals surface area contributed by atoms with Gasteiger partial charge in [-0.2, -0.15) is 0 Å². The molecule has 0 bridgehead atoms. The van der Waals surface area contributed by atoms with Crippen molar-refractivity contribution in [2.24, 2.45) is 0 Å². The molecule has 0 aliphatic carbocycles. The van der Waals surface area contributed by atoms with Crippen molar-refractivity contribution < 1.29 is 28.6 Å². The molecule has 1 atom stereocenters. The number of hydrogen-bond acceptors (Lipinski definition) is 6. The Morgan fingerprint density at radius 3 is 0.905 bits per heavy atom. The maximum Gasteiger partial charge on any atom is 0.310 e. The predicted octanol–water partition coefficient (Wildman–Crippen LogP) is 17.6. The standard InChI is InChI=1S/C57H100O6/c1-4-7-10-13-16-19-22-24-26-27-28-29-31-32-35-38-41-44-47-50-56(59)62-53-54(52-61-55(58)49-46-43-40-37-34-21-18-15-12-9-6-3)63-57(60)51-48-45-42-39-36-33-30-25-23-20-17-14-11-8-5-2/h8,11,17,20,25,30,36,39,45,48,54H,4-7,9-10,12-16,18-19,21-24,26-29,31-35,37-38,40-44,46-47,49-53H2,1-3H3/b11-8-,20-17-,30-25-,39-36-,48-45-. The van der Waals surface area contributed by atoms with Crippen LogP contribution >= 0.6 is 0 Å². The molecule has 364 valence electrons. The second-order valence-corrected chi connectivity index (χ2v) is 17.8. The lowest BCUT2D eigenvalue weighted by Gasteiger charge is -2.18. The van der Waals surface area contributed by atoms with Gasteiger partial charge in [0.05, 0.1) is 6.42 Å². The Labute approximate surface area is 390 Å². The summed E-state index contributed by atoms with van der Waals surface area (Å²) in [5.41, 5.74) is 0. The highest BCUT2D eigenvalue weighted by Gasteiger charge is 2.19. The lowest BCUT2D eigenvalue weighted by atomic mass is 10.0. The largest absolute Gasteiger partial charge is 0.462 e. The van der Waals surface area contributed by atoms with E-state index in [1.807, 2.05) is 6.08 Å². The van der Waals surface area contributed by atoms with E-state index < -0.39 is 12.1 Å². The summed E-state index contributed by atoms with van der Waals surface area (Å²) in [5, 5.41) is 0. The van der Waals surface area contributed by atoms with E-state index in [-0.39, 0.29) is 31.6 Å². The molecule has 0 aliphatic rings. The number of carbonyl (C=O) groups is 3. The van der Waals surface area contributed by atoms with Crippen LogP contribution in [-0.2, 0) is 28.6 Å². The highest BCUT2D eigenvalue weighted by Crippen LogP contribution is 2.16. The molecule has 0 radical (unpaired) electrons. The number of unbranched alkanes of at least 4 members (excludes halogenated alkanes) is 28. The van der Waals surface area contributed by atoms with E-state index in [4.69, 9.17) is 14.2 Å². The van der Waals surface area contributed by atoms with Gasteiger partial charge < -0.3 is 14.2 Å². The van der Waals surface area contributed by atoms with E-state index in [9.17, 15) is 14.4 Å². The van der Waals surface area contributed by atoms with Crippen LogP contribution in [0, 0.1) is 0 Å². The summed E-state index contributed by atoms with van der Waals surface area (Å²) >= 11 is 0. The fourth-order valence-corrected chi connectivity index (χ4v) is 7.58. The Bertz CT molecular complexity index is 1150. The van der Waals surface area contributed by atoms with Gasteiger partial charge >= 0.3 is 17.9 Å². The quantitative estimate of drug-likeness (QED) is 0.0262. The van der Waals surface area contributed by atoms with Crippen LogP contribution in [0.2, 0.25) is 0 Å². The maximum absolute atomic E-state index is 12.7. The van der Waals surface area contributed by atoms with E-state index in [2.05, 4.69) is 69.4 Å². The minimum absolute atomic E-state index is 0.101. The molecule has 63 heavy (non-hydrogen) atoms. The molecule has 0 aliphatic heterocycles. The third-order valence-corrected chi connectivity index (χ3v) is 11.6. The topological polar surface area (TPSA) is 78.9 Å². The van der Waals surface area contributed by atoms with Crippen LogP contribution in [0.15, 0.2) is 60.8 Å². The summed E-state index contributed by atoms with van der Waals surface area (Å²) < 4.78 is 16.7. The number of ether oxygens (including phenoxy) is 3. The van der Waals surface area contributed by atoms with E-state index in [1.165, 1.54) is 154 Å². The monoisotopic (exact) mass is 881 g/mol. The summed E-state index contributed by atoms with van der Waals surface area (Å²) in [7, 11) is 0. The van der Waals surface area contributed by atoms with Gasteiger partial charge in [0, 0.05) is 12.8 Å². The lowest BCUT2D eigenvalue weighted by Crippen LogP contribution is -2.30. The van der Waals surface area contributed by atoms with Crippen molar-refractivity contribution in [3.8, 4) is 0 Å². The molecule has 0 saturated heterocycles. The van der Waals surface area contributed by atoms with Gasteiger partial charge in [-0.25, -0.2) is 0 Å². The summed E-state index contributed by atoms with van der Waals surface area (Å²) in [4.78, 5) is 37.9. The Balaban J connectivity index is 4.40. The highest BCUT2D eigenvalue weighted by molar-refractivity contribution is 5.72. The van der Waals surface area contributed by atoms with Gasteiger partial charge in [0.1, 0.15) is 13.2 Å². The van der Waals surface area contributed by atoms with E-state index in [1.54, 1.807) is 6.08 Å². The first-order chi connectivity index (χ1) is 31.0. The molecule has 0 saturated carbocycles. The van der Waals surface area contributed by atoms with Gasteiger partial charge in [-0.1, -0.05) is 261 Å². The first-order valence-corrected chi connectivity index (χ1v) is 26.8. The molecule has 6 heteroatoms. The predicted molar refractivity (Wildman–Crippen MR) is 270 cm³/mol. The van der Waals surface area contributed by atoms with Crippen LogP contribution in [0.1, 0.15) is 265 Å². The van der Waals surface area contributed by atoms with Crippen molar-refractivity contribution in [1.29, 1.82) is 0 Å².